The van der Waals surface area contributed by atoms with Crippen molar-refractivity contribution >= 4 is 15.5 Å². The summed E-state index contributed by atoms with van der Waals surface area (Å²) in [5.74, 6) is -0.0313. The first kappa shape index (κ1) is 16.4. The van der Waals surface area contributed by atoms with E-state index >= 15 is 0 Å². The minimum atomic E-state index is -3.17. The van der Waals surface area contributed by atoms with Gasteiger partial charge in [-0.3, -0.25) is 10.1 Å². The molecule has 0 fully saturated rings. The van der Waals surface area contributed by atoms with E-state index in [4.69, 9.17) is 10.5 Å². The number of ether oxygens (including phenoxy) is 1. The van der Waals surface area contributed by atoms with Crippen LogP contribution >= 0.6 is 0 Å². The molecule has 0 saturated carbocycles. The molecule has 0 saturated heterocycles. The molecule has 1 aromatic rings. The number of nitro groups is 1. The number of rotatable bonds is 8. The third-order valence-corrected chi connectivity index (χ3v) is 4.44. The van der Waals surface area contributed by atoms with E-state index in [0.717, 1.165) is 0 Å². The average Bonchev–Trinajstić information content (AvgIpc) is 2.37. The summed E-state index contributed by atoms with van der Waals surface area (Å²) in [4.78, 5) is 10.3. The summed E-state index contributed by atoms with van der Waals surface area (Å²) in [5, 5.41) is 10.9. The highest BCUT2D eigenvalue weighted by atomic mass is 32.2. The molecule has 112 valence electrons. The van der Waals surface area contributed by atoms with Gasteiger partial charge in [-0.15, -0.1) is 0 Å². The van der Waals surface area contributed by atoms with Crippen LogP contribution in [0.2, 0.25) is 0 Å². The molecule has 8 heteroatoms. The Morgan fingerprint density at radius 1 is 1.35 bits per heavy atom. The van der Waals surface area contributed by atoms with Gasteiger partial charge in [-0.2, -0.15) is 0 Å². The van der Waals surface area contributed by atoms with E-state index in [0.29, 0.717) is 12.0 Å². The van der Waals surface area contributed by atoms with Gasteiger partial charge in [0, 0.05) is 12.6 Å². The number of hydrogen-bond donors (Lipinski definition) is 1. The highest BCUT2D eigenvalue weighted by molar-refractivity contribution is 7.91. The predicted octanol–water partition coefficient (Wildman–Crippen LogP) is 1.26. The van der Waals surface area contributed by atoms with Crippen LogP contribution in [0.3, 0.4) is 0 Å². The van der Waals surface area contributed by atoms with Crippen LogP contribution in [0.1, 0.15) is 18.9 Å². The number of nitrogens with zero attached hydrogens (tertiary/aromatic N) is 1. The molecule has 0 bridgehead atoms. The zero-order valence-corrected chi connectivity index (χ0v) is 12.1. The van der Waals surface area contributed by atoms with Crippen molar-refractivity contribution in [3.05, 3.63) is 33.9 Å². The first-order valence-electron chi connectivity index (χ1n) is 6.20. The number of hydrogen-bond acceptors (Lipinski definition) is 6. The molecule has 2 N–H and O–H groups in total. The van der Waals surface area contributed by atoms with Gasteiger partial charge in [0.15, 0.2) is 15.6 Å². The standard InChI is InChI=1S/C12H18N2O5S/c1-2-6-20(17,18)7-5-19-12-8-10(9-13)3-4-11(12)14(15)16/h3-4,8H,2,5-7,9,13H2,1H3. The van der Waals surface area contributed by atoms with Crippen LogP contribution in [0.4, 0.5) is 5.69 Å². The second kappa shape index (κ2) is 7.20. The fourth-order valence-electron chi connectivity index (χ4n) is 1.64. The summed E-state index contributed by atoms with van der Waals surface area (Å²) in [6.45, 7) is 1.88. The minimum Gasteiger partial charge on any atom is -0.486 e. The molecular formula is C12H18N2O5S. The average molecular weight is 302 g/mol. The summed E-state index contributed by atoms with van der Waals surface area (Å²) in [6.07, 6.45) is 0.533. The van der Waals surface area contributed by atoms with Gasteiger partial charge in [-0.05, 0) is 18.1 Å². The van der Waals surface area contributed by atoms with Crippen molar-refractivity contribution in [1.82, 2.24) is 0 Å². The molecule has 0 atom stereocenters. The fourth-order valence-corrected chi connectivity index (χ4v) is 2.81. The second-order valence-corrected chi connectivity index (χ2v) is 6.57. The molecular weight excluding hydrogens is 284 g/mol. The van der Waals surface area contributed by atoms with Crippen LogP contribution in [0, 0.1) is 10.1 Å². The van der Waals surface area contributed by atoms with E-state index in [1.165, 1.54) is 12.1 Å². The van der Waals surface area contributed by atoms with Gasteiger partial charge < -0.3 is 10.5 Å². The van der Waals surface area contributed by atoms with Crippen molar-refractivity contribution in [2.45, 2.75) is 19.9 Å². The molecule has 0 unspecified atom stereocenters. The van der Waals surface area contributed by atoms with Crippen molar-refractivity contribution in [3.8, 4) is 5.75 Å². The van der Waals surface area contributed by atoms with E-state index in [9.17, 15) is 18.5 Å². The van der Waals surface area contributed by atoms with Crippen molar-refractivity contribution in [3.63, 3.8) is 0 Å². The topological polar surface area (TPSA) is 113 Å². The number of nitro benzene ring substituents is 1. The summed E-state index contributed by atoms with van der Waals surface area (Å²) in [7, 11) is -3.17. The van der Waals surface area contributed by atoms with Gasteiger partial charge in [0.1, 0.15) is 6.61 Å². The molecule has 1 rings (SSSR count). The highest BCUT2D eigenvalue weighted by Crippen LogP contribution is 2.27. The minimum absolute atomic E-state index is 0.0460. The lowest BCUT2D eigenvalue weighted by Crippen LogP contribution is -2.17. The van der Waals surface area contributed by atoms with E-state index in [1.807, 2.05) is 0 Å². The van der Waals surface area contributed by atoms with Crippen molar-refractivity contribution < 1.29 is 18.1 Å². The third-order valence-electron chi connectivity index (χ3n) is 2.62. The zero-order valence-electron chi connectivity index (χ0n) is 11.2. The predicted molar refractivity (Wildman–Crippen MR) is 75.4 cm³/mol. The first-order valence-corrected chi connectivity index (χ1v) is 8.02. The van der Waals surface area contributed by atoms with Crippen LogP contribution < -0.4 is 10.5 Å². The maximum absolute atomic E-state index is 11.5. The molecule has 0 amide bonds. The molecule has 0 radical (unpaired) electrons. The zero-order chi connectivity index (χ0) is 15.2. The Bertz CT molecular complexity index is 571. The normalized spacial score (nSPS) is 11.3. The summed E-state index contributed by atoms with van der Waals surface area (Å²) in [5.41, 5.74) is 5.94. The Hall–Kier alpha value is -1.67. The maximum Gasteiger partial charge on any atom is 0.310 e. The summed E-state index contributed by atoms with van der Waals surface area (Å²) >= 11 is 0. The molecule has 0 aliphatic carbocycles. The van der Waals surface area contributed by atoms with Crippen LogP contribution in [0.15, 0.2) is 18.2 Å². The van der Waals surface area contributed by atoms with Crippen LogP contribution in [-0.4, -0.2) is 31.5 Å². The Kier molecular flexibility index (Phi) is 5.90. The largest absolute Gasteiger partial charge is 0.486 e. The van der Waals surface area contributed by atoms with Gasteiger partial charge in [0.25, 0.3) is 0 Å². The Labute approximate surface area is 117 Å². The SMILES string of the molecule is CCCS(=O)(=O)CCOc1cc(CN)ccc1[N+](=O)[O-]. The maximum atomic E-state index is 11.5. The van der Waals surface area contributed by atoms with Crippen LogP contribution in [0.25, 0.3) is 0 Å². The lowest BCUT2D eigenvalue weighted by atomic mass is 10.2. The molecule has 0 spiro atoms. The molecule has 0 aromatic heterocycles. The Balaban J connectivity index is 2.78. The smallest absolute Gasteiger partial charge is 0.310 e. The first-order chi connectivity index (χ1) is 9.39. The van der Waals surface area contributed by atoms with E-state index in [1.54, 1.807) is 13.0 Å². The van der Waals surface area contributed by atoms with Crippen LogP contribution in [-0.2, 0) is 16.4 Å². The Morgan fingerprint density at radius 2 is 2.05 bits per heavy atom. The van der Waals surface area contributed by atoms with Crippen molar-refractivity contribution in [2.24, 2.45) is 5.73 Å². The van der Waals surface area contributed by atoms with E-state index in [-0.39, 0.29) is 36.1 Å². The van der Waals surface area contributed by atoms with E-state index in [2.05, 4.69) is 0 Å². The fraction of sp³-hybridized carbons (Fsp3) is 0.500. The van der Waals surface area contributed by atoms with Crippen LogP contribution in [0.5, 0.6) is 5.75 Å². The van der Waals surface area contributed by atoms with E-state index < -0.39 is 14.8 Å². The molecule has 1 aromatic carbocycles. The summed E-state index contributed by atoms with van der Waals surface area (Å²) in [6, 6.07) is 4.31. The lowest BCUT2D eigenvalue weighted by Gasteiger charge is -2.08. The molecule has 0 aliphatic heterocycles. The number of benzene rings is 1. The molecule has 0 aliphatic rings. The molecule has 0 heterocycles. The van der Waals surface area contributed by atoms with Gasteiger partial charge in [-0.25, -0.2) is 8.42 Å². The molecule has 7 nitrogen and oxygen atoms in total. The van der Waals surface area contributed by atoms with Crippen molar-refractivity contribution in [2.75, 3.05) is 18.1 Å². The molecule has 20 heavy (non-hydrogen) atoms. The van der Waals surface area contributed by atoms with Crippen molar-refractivity contribution in [1.29, 1.82) is 0 Å². The third kappa shape index (κ3) is 4.78. The second-order valence-electron chi connectivity index (χ2n) is 4.26. The van der Waals surface area contributed by atoms with Gasteiger partial charge >= 0.3 is 5.69 Å². The monoisotopic (exact) mass is 302 g/mol. The quantitative estimate of drug-likeness (QED) is 0.571. The highest BCUT2D eigenvalue weighted by Gasteiger charge is 2.17. The number of sulfone groups is 1. The lowest BCUT2D eigenvalue weighted by molar-refractivity contribution is -0.385. The van der Waals surface area contributed by atoms with Gasteiger partial charge in [0.2, 0.25) is 0 Å². The van der Waals surface area contributed by atoms with Gasteiger partial charge in [-0.1, -0.05) is 13.0 Å². The van der Waals surface area contributed by atoms with Gasteiger partial charge in [0.05, 0.1) is 16.4 Å². The number of nitrogens with two attached hydrogens (primary N) is 1. The summed E-state index contributed by atoms with van der Waals surface area (Å²) < 4.78 is 28.3. The Morgan fingerprint density at radius 3 is 2.60 bits per heavy atom.